The molecule has 1 aliphatic rings. The van der Waals surface area contributed by atoms with Crippen LogP contribution in [0.2, 0.25) is 0 Å². The van der Waals surface area contributed by atoms with Crippen molar-refractivity contribution in [3.63, 3.8) is 0 Å². The van der Waals surface area contributed by atoms with Gasteiger partial charge in [0.05, 0.1) is 6.61 Å². The van der Waals surface area contributed by atoms with Crippen LogP contribution in [0.4, 0.5) is 0 Å². The largest absolute Gasteiger partial charge is 0.321 e. The summed E-state index contributed by atoms with van der Waals surface area (Å²) in [5, 5.41) is 0.912. The summed E-state index contributed by atoms with van der Waals surface area (Å²) in [6, 6.07) is 2.05. The molecule has 0 aliphatic carbocycles. The Morgan fingerprint density at radius 2 is 2.14 bits per heavy atom. The number of benzene rings is 1. The summed E-state index contributed by atoms with van der Waals surface area (Å²) in [4.78, 5) is 0. The third kappa shape index (κ3) is 1.39. The van der Waals surface area contributed by atoms with E-state index in [0.29, 0.717) is 6.61 Å². The van der Waals surface area contributed by atoms with E-state index in [4.69, 9.17) is 4.52 Å². The second-order valence-electron chi connectivity index (χ2n) is 3.76. The lowest BCUT2D eigenvalue weighted by atomic mass is 10.1. The second kappa shape index (κ2) is 3.19. The average Bonchev–Trinajstić information content (AvgIpc) is 2.38. The van der Waals surface area contributed by atoms with Crippen LogP contribution < -0.4 is 5.30 Å². The van der Waals surface area contributed by atoms with Crippen molar-refractivity contribution in [3.05, 3.63) is 27.2 Å². The molecule has 1 aliphatic heterocycles. The fourth-order valence-electron chi connectivity index (χ4n) is 1.97. The molecule has 0 spiro atoms. The Hall–Kier alpha value is -0.110. The molecule has 2 rings (SSSR count). The van der Waals surface area contributed by atoms with E-state index in [9.17, 15) is 4.57 Å². The molecule has 1 unspecified atom stereocenters. The first kappa shape index (κ1) is 10.4. The van der Waals surface area contributed by atoms with Gasteiger partial charge in [0.2, 0.25) is 7.37 Å². The van der Waals surface area contributed by atoms with Crippen molar-refractivity contribution in [1.29, 1.82) is 0 Å². The number of aryl methyl sites for hydroxylation is 1. The fraction of sp³-hybridized carbons (Fsp3) is 0.400. The summed E-state index contributed by atoms with van der Waals surface area (Å²) in [5.74, 6) is 0. The average molecular weight is 275 g/mol. The predicted molar refractivity (Wildman–Crippen MR) is 61.6 cm³/mol. The van der Waals surface area contributed by atoms with Gasteiger partial charge in [-0.1, -0.05) is 22.0 Å². The van der Waals surface area contributed by atoms with Crippen molar-refractivity contribution in [2.75, 3.05) is 6.66 Å². The summed E-state index contributed by atoms with van der Waals surface area (Å²) in [6.45, 7) is 6.20. The Kier molecular flexibility index (Phi) is 2.37. The van der Waals surface area contributed by atoms with Crippen molar-refractivity contribution in [1.82, 2.24) is 0 Å². The van der Waals surface area contributed by atoms with Gasteiger partial charge in [0.25, 0.3) is 0 Å². The van der Waals surface area contributed by atoms with Gasteiger partial charge in [0, 0.05) is 16.4 Å². The minimum atomic E-state index is -2.55. The molecular weight excluding hydrogens is 263 g/mol. The molecular formula is C10H12BrO2P. The summed E-state index contributed by atoms with van der Waals surface area (Å²) in [6.07, 6.45) is 0. The highest BCUT2D eigenvalue weighted by Crippen LogP contribution is 2.50. The molecule has 0 saturated heterocycles. The van der Waals surface area contributed by atoms with Crippen LogP contribution in [0.15, 0.2) is 10.5 Å². The lowest BCUT2D eigenvalue weighted by Crippen LogP contribution is -2.09. The van der Waals surface area contributed by atoms with E-state index < -0.39 is 7.37 Å². The van der Waals surface area contributed by atoms with Crippen molar-refractivity contribution < 1.29 is 9.09 Å². The van der Waals surface area contributed by atoms with Gasteiger partial charge in [0.1, 0.15) is 0 Å². The number of rotatable bonds is 0. The van der Waals surface area contributed by atoms with E-state index in [0.717, 1.165) is 20.9 Å². The standard InChI is InChI=1S/C10H12BrO2P/c1-6-4-8-5-13-14(3,12)10(8)7(2)9(6)11/h4H,5H2,1-3H3. The first-order valence-corrected chi connectivity index (χ1v) is 7.31. The Bertz CT molecular complexity index is 454. The Morgan fingerprint density at radius 3 is 2.79 bits per heavy atom. The Labute approximate surface area is 92.2 Å². The molecule has 0 amide bonds. The SMILES string of the molecule is Cc1cc2c(c(C)c1Br)P(C)(=O)OC2. The zero-order chi connectivity index (χ0) is 10.5. The van der Waals surface area contributed by atoms with Crippen molar-refractivity contribution >= 4 is 28.6 Å². The monoisotopic (exact) mass is 274 g/mol. The van der Waals surface area contributed by atoms with Crippen LogP contribution in [0.25, 0.3) is 0 Å². The molecule has 0 N–H and O–H groups in total. The quantitative estimate of drug-likeness (QED) is 0.680. The summed E-state index contributed by atoms with van der Waals surface area (Å²) >= 11 is 3.51. The number of hydrogen-bond donors (Lipinski definition) is 0. The third-order valence-corrected chi connectivity index (χ3v) is 5.88. The molecule has 0 radical (unpaired) electrons. The van der Waals surface area contributed by atoms with Gasteiger partial charge in [-0.2, -0.15) is 0 Å². The smallest absolute Gasteiger partial charge is 0.230 e. The summed E-state index contributed by atoms with van der Waals surface area (Å²) in [5.41, 5.74) is 3.31. The number of hydrogen-bond acceptors (Lipinski definition) is 2. The van der Waals surface area contributed by atoms with E-state index >= 15 is 0 Å². The van der Waals surface area contributed by atoms with Crippen molar-refractivity contribution in [3.8, 4) is 0 Å². The van der Waals surface area contributed by atoms with Gasteiger partial charge < -0.3 is 4.52 Å². The van der Waals surface area contributed by atoms with Gasteiger partial charge in [-0.25, -0.2) is 0 Å². The van der Waals surface area contributed by atoms with E-state index in [2.05, 4.69) is 22.0 Å². The lowest BCUT2D eigenvalue weighted by molar-refractivity contribution is 0.327. The molecule has 1 heterocycles. The molecule has 0 aromatic heterocycles. The highest BCUT2D eigenvalue weighted by molar-refractivity contribution is 9.10. The van der Waals surface area contributed by atoms with Crippen molar-refractivity contribution in [2.45, 2.75) is 20.5 Å². The van der Waals surface area contributed by atoms with Crippen LogP contribution in [0.5, 0.6) is 0 Å². The molecule has 14 heavy (non-hydrogen) atoms. The summed E-state index contributed by atoms with van der Waals surface area (Å²) < 4.78 is 18.5. The van der Waals surface area contributed by atoms with Crippen LogP contribution >= 0.6 is 23.3 Å². The van der Waals surface area contributed by atoms with Gasteiger partial charge in [-0.05, 0) is 30.5 Å². The molecule has 1 atom stereocenters. The second-order valence-corrected chi connectivity index (χ2v) is 6.95. The zero-order valence-electron chi connectivity index (χ0n) is 8.43. The maximum absolute atomic E-state index is 12.1. The van der Waals surface area contributed by atoms with E-state index in [1.165, 1.54) is 5.56 Å². The molecule has 0 bridgehead atoms. The minimum Gasteiger partial charge on any atom is -0.321 e. The molecule has 76 valence electrons. The van der Waals surface area contributed by atoms with Gasteiger partial charge in [-0.3, -0.25) is 4.57 Å². The Balaban J connectivity index is 2.79. The van der Waals surface area contributed by atoms with Crippen LogP contribution in [-0.2, 0) is 15.7 Å². The van der Waals surface area contributed by atoms with Crippen molar-refractivity contribution in [2.24, 2.45) is 0 Å². The highest BCUT2D eigenvalue weighted by atomic mass is 79.9. The van der Waals surface area contributed by atoms with Crippen LogP contribution in [0, 0.1) is 13.8 Å². The molecule has 0 fully saturated rings. The number of halogens is 1. The van der Waals surface area contributed by atoms with Crippen LogP contribution in [-0.4, -0.2) is 6.66 Å². The fourth-order valence-corrected chi connectivity index (χ4v) is 4.32. The molecule has 4 heteroatoms. The predicted octanol–water partition coefficient (Wildman–Crippen LogP) is 3.13. The first-order chi connectivity index (χ1) is 6.43. The normalized spacial score (nSPS) is 25.1. The lowest BCUT2D eigenvalue weighted by Gasteiger charge is -2.11. The first-order valence-electron chi connectivity index (χ1n) is 4.44. The van der Waals surface area contributed by atoms with Gasteiger partial charge in [-0.15, -0.1) is 0 Å². The minimum absolute atomic E-state index is 0.484. The molecule has 2 nitrogen and oxygen atoms in total. The molecule has 1 aromatic carbocycles. The highest BCUT2D eigenvalue weighted by Gasteiger charge is 2.32. The summed E-state index contributed by atoms with van der Waals surface area (Å²) in [7, 11) is -2.55. The Morgan fingerprint density at radius 1 is 1.50 bits per heavy atom. The number of fused-ring (bicyclic) bond motifs is 1. The van der Waals surface area contributed by atoms with E-state index in [-0.39, 0.29) is 0 Å². The molecule has 1 aromatic rings. The van der Waals surface area contributed by atoms with Gasteiger partial charge >= 0.3 is 0 Å². The van der Waals surface area contributed by atoms with E-state index in [1.807, 2.05) is 13.8 Å². The maximum Gasteiger partial charge on any atom is 0.230 e. The van der Waals surface area contributed by atoms with E-state index in [1.54, 1.807) is 6.66 Å². The van der Waals surface area contributed by atoms with Crippen LogP contribution in [0.3, 0.4) is 0 Å². The zero-order valence-corrected chi connectivity index (χ0v) is 10.9. The third-order valence-electron chi connectivity index (χ3n) is 2.60. The topological polar surface area (TPSA) is 26.3 Å². The molecule has 0 saturated carbocycles. The van der Waals surface area contributed by atoms with Crippen LogP contribution in [0.1, 0.15) is 16.7 Å². The van der Waals surface area contributed by atoms with Gasteiger partial charge in [0.15, 0.2) is 0 Å². The maximum atomic E-state index is 12.1.